The maximum atomic E-state index is 13.8. The number of nitrogens with zero attached hydrogens (tertiary/aromatic N) is 1. The van der Waals surface area contributed by atoms with Crippen molar-refractivity contribution in [3.63, 3.8) is 0 Å². The summed E-state index contributed by atoms with van der Waals surface area (Å²) >= 11 is 20.0. The molecule has 1 fully saturated rings. The first-order valence-corrected chi connectivity index (χ1v) is 15.6. The maximum Gasteiger partial charge on any atom is 0.243 e. The lowest BCUT2D eigenvalue weighted by atomic mass is 9.94. The van der Waals surface area contributed by atoms with Gasteiger partial charge in [-0.1, -0.05) is 103 Å². The Morgan fingerprint density at radius 3 is 2.26 bits per heavy atom. The average Bonchev–Trinajstić information content (AvgIpc) is 2.94. The second-order valence-corrected chi connectivity index (χ2v) is 12.2. The van der Waals surface area contributed by atoms with E-state index in [-0.39, 0.29) is 23.6 Å². The maximum absolute atomic E-state index is 13.8. The first-order valence-electron chi connectivity index (χ1n) is 13.3. The molecular formula is C31H33Cl3N2O2S. The summed E-state index contributed by atoms with van der Waals surface area (Å²) in [6.07, 6.45) is 5.83. The highest BCUT2D eigenvalue weighted by Gasteiger charge is 2.31. The summed E-state index contributed by atoms with van der Waals surface area (Å²) in [6, 6.07) is 22.2. The van der Waals surface area contributed by atoms with Gasteiger partial charge in [-0.25, -0.2) is 0 Å². The largest absolute Gasteiger partial charge is 0.352 e. The zero-order valence-corrected chi connectivity index (χ0v) is 24.8. The Balaban J connectivity index is 1.56. The molecule has 0 bridgehead atoms. The second-order valence-electron chi connectivity index (χ2n) is 9.93. The van der Waals surface area contributed by atoms with Crippen LogP contribution in [-0.2, 0) is 28.3 Å². The normalized spacial score (nSPS) is 14.5. The van der Waals surface area contributed by atoms with Gasteiger partial charge in [-0.2, -0.15) is 0 Å². The molecule has 1 N–H and O–H groups in total. The zero-order chi connectivity index (χ0) is 27.6. The number of carbonyl (C=O) groups excluding carboxylic acids is 2. The fourth-order valence-corrected chi connectivity index (χ4v) is 6.45. The Labute approximate surface area is 250 Å². The molecule has 0 aliphatic heterocycles. The van der Waals surface area contributed by atoms with E-state index < -0.39 is 6.04 Å². The number of hydrogen-bond donors (Lipinski definition) is 1. The number of nitrogens with one attached hydrogen (secondary N) is 1. The quantitative estimate of drug-likeness (QED) is 0.242. The average molecular weight is 604 g/mol. The van der Waals surface area contributed by atoms with E-state index >= 15 is 0 Å². The van der Waals surface area contributed by atoms with Crippen LogP contribution in [0.1, 0.15) is 48.8 Å². The summed E-state index contributed by atoms with van der Waals surface area (Å²) < 4.78 is 0. The van der Waals surface area contributed by atoms with Crippen molar-refractivity contribution in [3.8, 4) is 0 Å². The van der Waals surface area contributed by atoms with Crippen LogP contribution in [0.2, 0.25) is 15.1 Å². The molecule has 1 aliphatic carbocycles. The minimum Gasteiger partial charge on any atom is -0.352 e. The Morgan fingerprint density at radius 1 is 0.872 bits per heavy atom. The van der Waals surface area contributed by atoms with Crippen molar-refractivity contribution < 1.29 is 9.59 Å². The summed E-state index contributed by atoms with van der Waals surface area (Å²) in [4.78, 5) is 29.4. The second kappa shape index (κ2) is 15.0. The van der Waals surface area contributed by atoms with Gasteiger partial charge in [-0.15, -0.1) is 11.8 Å². The molecule has 2 amide bonds. The molecule has 8 heteroatoms. The zero-order valence-electron chi connectivity index (χ0n) is 21.8. The molecule has 0 spiro atoms. The SMILES string of the molecule is O=C(NC1CCCCC1)[C@H](Cc1ccccc1)N(Cc1ccc(Cl)cc1)C(=O)CSCc1ccc(Cl)cc1Cl. The van der Waals surface area contributed by atoms with Crippen molar-refractivity contribution in [2.24, 2.45) is 0 Å². The third-order valence-electron chi connectivity index (χ3n) is 6.99. The van der Waals surface area contributed by atoms with Crippen LogP contribution < -0.4 is 5.32 Å². The molecule has 1 atom stereocenters. The summed E-state index contributed by atoms with van der Waals surface area (Å²) in [6.45, 7) is 0.313. The first-order chi connectivity index (χ1) is 18.9. The van der Waals surface area contributed by atoms with Crippen LogP contribution in [0.4, 0.5) is 0 Å². The van der Waals surface area contributed by atoms with Crippen molar-refractivity contribution in [3.05, 3.63) is 105 Å². The van der Waals surface area contributed by atoms with Crippen LogP contribution in [0.3, 0.4) is 0 Å². The van der Waals surface area contributed by atoms with Crippen molar-refractivity contribution in [2.45, 2.75) is 62.9 Å². The van der Waals surface area contributed by atoms with Crippen LogP contribution >= 0.6 is 46.6 Å². The molecule has 206 valence electrons. The predicted octanol–water partition coefficient (Wildman–Crippen LogP) is 7.97. The van der Waals surface area contributed by atoms with Crippen molar-refractivity contribution >= 4 is 58.4 Å². The van der Waals surface area contributed by atoms with Crippen LogP contribution in [0.25, 0.3) is 0 Å². The number of benzene rings is 3. The fraction of sp³-hybridized carbons (Fsp3) is 0.355. The van der Waals surface area contributed by atoms with Gasteiger partial charge in [0.25, 0.3) is 0 Å². The molecule has 0 heterocycles. The topological polar surface area (TPSA) is 49.4 Å². The van der Waals surface area contributed by atoms with E-state index in [0.717, 1.165) is 42.4 Å². The molecule has 0 aromatic heterocycles. The van der Waals surface area contributed by atoms with E-state index in [1.54, 1.807) is 17.0 Å². The van der Waals surface area contributed by atoms with E-state index in [9.17, 15) is 9.59 Å². The van der Waals surface area contributed by atoms with Gasteiger partial charge in [0.15, 0.2) is 0 Å². The number of hydrogen-bond acceptors (Lipinski definition) is 3. The molecule has 39 heavy (non-hydrogen) atoms. The number of carbonyl (C=O) groups is 2. The molecule has 0 saturated heterocycles. The molecular weight excluding hydrogens is 571 g/mol. The van der Waals surface area contributed by atoms with Crippen molar-refractivity contribution in [1.29, 1.82) is 0 Å². The van der Waals surface area contributed by atoms with Gasteiger partial charge < -0.3 is 10.2 Å². The van der Waals surface area contributed by atoms with Gasteiger partial charge in [0.05, 0.1) is 5.75 Å². The van der Waals surface area contributed by atoms with E-state index in [1.807, 2.05) is 60.7 Å². The summed E-state index contributed by atoms with van der Waals surface area (Å²) in [7, 11) is 0. The van der Waals surface area contributed by atoms with Gasteiger partial charge in [-0.3, -0.25) is 9.59 Å². The number of rotatable bonds is 11. The van der Waals surface area contributed by atoms with E-state index in [0.29, 0.717) is 33.8 Å². The molecule has 4 nitrogen and oxygen atoms in total. The summed E-state index contributed by atoms with van der Waals surface area (Å²) in [5.74, 6) is 0.585. The van der Waals surface area contributed by atoms with E-state index in [4.69, 9.17) is 34.8 Å². The highest BCUT2D eigenvalue weighted by Crippen LogP contribution is 2.26. The molecule has 3 aromatic carbocycles. The summed E-state index contributed by atoms with van der Waals surface area (Å²) in [5.41, 5.74) is 2.84. The molecule has 3 aromatic rings. The lowest BCUT2D eigenvalue weighted by Gasteiger charge is -2.33. The number of thioether (sulfide) groups is 1. The van der Waals surface area contributed by atoms with Crippen molar-refractivity contribution in [2.75, 3.05) is 5.75 Å². The highest BCUT2D eigenvalue weighted by molar-refractivity contribution is 7.99. The Kier molecular flexibility index (Phi) is 11.5. The minimum absolute atomic E-state index is 0.0974. The Bertz CT molecular complexity index is 1230. The van der Waals surface area contributed by atoms with Gasteiger partial charge in [0, 0.05) is 39.8 Å². The van der Waals surface area contributed by atoms with E-state index in [2.05, 4.69) is 5.32 Å². The van der Waals surface area contributed by atoms with Crippen LogP contribution in [0, 0.1) is 0 Å². The Hall–Kier alpha value is -2.18. The third kappa shape index (κ3) is 9.18. The Morgan fingerprint density at radius 2 is 1.56 bits per heavy atom. The van der Waals surface area contributed by atoms with Crippen LogP contribution in [0.5, 0.6) is 0 Å². The van der Waals surface area contributed by atoms with Crippen LogP contribution in [-0.4, -0.2) is 34.6 Å². The molecule has 0 radical (unpaired) electrons. The molecule has 1 aliphatic rings. The molecule has 1 saturated carbocycles. The van der Waals surface area contributed by atoms with Crippen LogP contribution in [0.15, 0.2) is 72.8 Å². The standard InChI is InChI=1S/C31H33Cl3N2O2S/c32-25-14-11-23(12-15-25)19-36(30(37)21-39-20-24-13-16-26(33)18-28(24)34)29(17-22-7-3-1-4-8-22)31(38)35-27-9-5-2-6-10-27/h1,3-4,7-8,11-16,18,27,29H,2,5-6,9-10,17,19-21H2,(H,35,38)/t29-/m0/s1. The predicted molar refractivity (Wildman–Crippen MR) is 164 cm³/mol. The van der Waals surface area contributed by atoms with Gasteiger partial charge in [0.2, 0.25) is 11.8 Å². The van der Waals surface area contributed by atoms with E-state index in [1.165, 1.54) is 18.2 Å². The monoisotopic (exact) mass is 602 g/mol. The van der Waals surface area contributed by atoms with Crippen molar-refractivity contribution in [1.82, 2.24) is 10.2 Å². The number of amides is 2. The molecule has 0 unspecified atom stereocenters. The first kappa shape index (κ1) is 29.8. The lowest BCUT2D eigenvalue weighted by Crippen LogP contribution is -2.53. The van der Waals surface area contributed by atoms with Gasteiger partial charge >= 0.3 is 0 Å². The lowest BCUT2D eigenvalue weighted by molar-refractivity contribution is -0.139. The minimum atomic E-state index is -0.641. The third-order valence-corrected chi connectivity index (χ3v) is 8.79. The molecule has 4 rings (SSSR count). The van der Waals surface area contributed by atoms with Gasteiger partial charge in [0.1, 0.15) is 6.04 Å². The smallest absolute Gasteiger partial charge is 0.243 e. The highest BCUT2D eigenvalue weighted by atomic mass is 35.5. The summed E-state index contributed by atoms with van der Waals surface area (Å²) in [5, 5.41) is 5.05. The van der Waals surface area contributed by atoms with Gasteiger partial charge in [-0.05, 0) is 53.8 Å². The number of halogens is 3. The fourth-order valence-electron chi connectivity index (χ4n) is 4.85.